The summed E-state index contributed by atoms with van der Waals surface area (Å²) in [6.07, 6.45) is 2.49. The molecule has 0 atom stereocenters. The number of nitrogens with two attached hydrogens (primary N) is 1. The lowest BCUT2D eigenvalue weighted by atomic mass is 10.2. The second-order valence-corrected chi connectivity index (χ2v) is 4.27. The molecule has 1 aromatic carbocycles. The summed E-state index contributed by atoms with van der Waals surface area (Å²) in [5.41, 5.74) is 7.67. The molecule has 0 bridgehead atoms. The number of nitrogen functional groups attached to an aromatic ring is 1. The molecule has 1 heterocycles. The lowest BCUT2D eigenvalue weighted by molar-refractivity contribution is 0.0982. The van der Waals surface area contributed by atoms with Crippen LogP contribution in [0.25, 0.3) is 0 Å². The van der Waals surface area contributed by atoms with Crippen molar-refractivity contribution in [3.63, 3.8) is 0 Å². The average Bonchev–Trinajstić information content (AvgIpc) is 2.45. The lowest BCUT2D eigenvalue weighted by Gasteiger charge is -2.22. The molecule has 98 valence electrons. The number of rotatable bonds is 4. The minimum Gasteiger partial charge on any atom is -0.399 e. The molecule has 0 aliphatic rings. The van der Waals surface area contributed by atoms with E-state index in [9.17, 15) is 4.79 Å². The number of amides is 1. The number of hydrogen-bond acceptors (Lipinski definition) is 3. The van der Waals surface area contributed by atoms with Crippen LogP contribution in [0, 0.1) is 0 Å². The molecule has 0 spiro atoms. The van der Waals surface area contributed by atoms with Crippen molar-refractivity contribution in [1.29, 1.82) is 0 Å². The van der Waals surface area contributed by atoms with Gasteiger partial charge in [0, 0.05) is 24.1 Å². The van der Waals surface area contributed by atoms with E-state index in [4.69, 9.17) is 5.73 Å². The third-order valence-corrected chi connectivity index (χ3v) is 2.76. The van der Waals surface area contributed by atoms with Gasteiger partial charge >= 0.3 is 0 Å². The SMILES string of the molecule is CCCN(C(=O)c1ccccn1)c1cccc(N)c1. The zero-order valence-corrected chi connectivity index (χ0v) is 10.9. The summed E-state index contributed by atoms with van der Waals surface area (Å²) in [6, 6.07) is 12.7. The molecule has 0 aliphatic heterocycles. The van der Waals surface area contributed by atoms with E-state index >= 15 is 0 Å². The van der Waals surface area contributed by atoms with E-state index in [0.29, 0.717) is 17.9 Å². The van der Waals surface area contributed by atoms with Crippen LogP contribution in [-0.2, 0) is 0 Å². The molecule has 0 saturated carbocycles. The number of aromatic nitrogens is 1. The number of pyridine rings is 1. The van der Waals surface area contributed by atoms with Crippen molar-refractivity contribution in [3.8, 4) is 0 Å². The Morgan fingerprint density at radius 1 is 1.26 bits per heavy atom. The van der Waals surface area contributed by atoms with Gasteiger partial charge in [-0.1, -0.05) is 19.1 Å². The molecule has 4 heteroatoms. The summed E-state index contributed by atoms with van der Waals surface area (Å²) in [4.78, 5) is 18.3. The van der Waals surface area contributed by atoms with Crippen LogP contribution in [-0.4, -0.2) is 17.4 Å². The number of anilines is 2. The number of nitrogens with zero attached hydrogens (tertiary/aromatic N) is 2. The molecule has 19 heavy (non-hydrogen) atoms. The van der Waals surface area contributed by atoms with Gasteiger partial charge in [-0.3, -0.25) is 9.78 Å². The van der Waals surface area contributed by atoms with Crippen molar-refractivity contribution in [2.45, 2.75) is 13.3 Å². The average molecular weight is 255 g/mol. The smallest absolute Gasteiger partial charge is 0.276 e. The Labute approximate surface area is 112 Å². The zero-order chi connectivity index (χ0) is 13.7. The van der Waals surface area contributed by atoms with Crippen molar-refractivity contribution in [2.24, 2.45) is 0 Å². The van der Waals surface area contributed by atoms with Crippen LogP contribution in [0.15, 0.2) is 48.7 Å². The van der Waals surface area contributed by atoms with E-state index in [1.165, 1.54) is 0 Å². The van der Waals surface area contributed by atoms with Crippen LogP contribution in [0.2, 0.25) is 0 Å². The minimum absolute atomic E-state index is 0.104. The van der Waals surface area contributed by atoms with Gasteiger partial charge in [-0.2, -0.15) is 0 Å². The summed E-state index contributed by atoms with van der Waals surface area (Å²) in [5.74, 6) is -0.104. The fourth-order valence-electron chi connectivity index (χ4n) is 1.89. The standard InChI is InChI=1S/C15H17N3O/c1-2-10-18(13-7-5-6-12(16)11-13)15(19)14-8-3-4-9-17-14/h3-9,11H,2,10,16H2,1H3. The molecule has 0 radical (unpaired) electrons. The van der Waals surface area contributed by atoms with Crippen LogP contribution >= 0.6 is 0 Å². The Kier molecular flexibility index (Phi) is 4.13. The topological polar surface area (TPSA) is 59.2 Å². The maximum absolute atomic E-state index is 12.5. The van der Waals surface area contributed by atoms with Crippen LogP contribution in [0.1, 0.15) is 23.8 Å². The van der Waals surface area contributed by atoms with Gasteiger partial charge < -0.3 is 10.6 Å². The van der Waals surface area contributed by atoms with E-state index in [2.05, 4.69) is 4.98 Å². The summed E-state index contributed by atoms with van der Waals surface area (Å²) in [5, 5.41) is 0. The first kappa shape index (κ1) is 13.1. The highest BCUT2D eigenvalue weighted by Gasteiger charge is 2.17. The van der Waals surface area contributed by atoms with E-state index in [-0.39, 0.29) is 5.91 Å². The van der Waals surface area contributed by atoms with Gasteiger partial charge in [-0.05, 0) is 36.8 Å². The van der Waals surface area contributed by atoms with Crippen molar-refractivity contribution in [2.75, 3.05) is 17.2 Å². The van der Waals surface area contributed by atoms with E-state index in [1.807, 2.05) is 25.1 Å². The van der Waals surface area contributed by atoms with Crippen LogP contribution in [0.3, 0.4) is 0 Å². The maximum Gasteiger partial charge on any atom is 0.276 e. The second-order valence-electron chi connectivity index (χ2n) is 4.27. The third kappa shape index (κ3) is 3.10. The normalized spacial score (nSPS) is 10.2. The number of carbonyl (C=O) groups excluding carboxylic acids is 1. The van der Waals surface area contributed by atoms with Gasteiger partial charge in [0.25, 0.3) is 5.91 Å². The van der Waals surface area contributed by atoms with Gasteiger partial charge in [0.05, 0.1) is 0 Å². The molecule has 1 aromatic heterocycles. The number of carbonyl (C=O) groups is 1. The monoisotopic (exact) mass is 255 g/mol. The molecular weight excluding hydrogens is 238 g/mol. The summed E-state index contributed by atoms with van der Waals surface area (Å²) in [7, 11) is 0. The first-order valence-corrected chi connectivity index (χ1v) is 6.31. The molecule has 0 unspecified atom stereocenters. The highest BCUT2D eigenvalue weighted by molar-refractivity contribution is 6.04. The second kappa shape index (κ2) is 6.00. The third-order valence-electron chi connectivity index (χ3n) is 2.76. The van der Waals surface area contributed by atoms with Gasteiger partial charge in [0.1, 0.15) is 5.69 Å². The Balaban J connectivity index is 2.33. The van der Waals surface area contributed by atoms with Crippen molar-refractivity contribution >= 4 is 17.3 Å². The van der Waals surface area contributed by atoms with E-state index < -0.39 is 0 Å². The van der Waals surface area contributed by atoms with Gasteiger partial charge in [-0.15, -0.1) is 0 Å². The fraction of sp³-hybridized carbons (Fsp3) is 0.200. The van der Waals surface area contributed by atoms with Crippen LogP contribution in [0.5, 0.6) is 0 Å². The number of benzene rings is 1. The van der Waals surface area contributed by atoms with E-state index in [1.54, 1.807) is 35.4 Å². The summed E-state index contributed by atoms with van der Waals surface area (Å²) < 4.78 is 0. The Morgan fingerprint density at radius 3 is 2.74 bits per heavy atom. The molecule has 0 aliphatic carbocycles. The van der Waals surface area contributed by atoms with E-state index in [0.717, 1.165) is 12.1 Å². The van der Waals surface area contributed by atoms with Crippen LogP contribution < -0.4 is 10.6 Å². The molecular formula is C15H17N3O. The summed E-state index contributed by atoms with van der Waals surface area (Å²) >= 11 is 0. The first-order chi connectivity index (χ1) is 9.22. The molecule has 1 amide bonds. The number of hydrogen-bond donors (Lipinski definition) is 1. The molecule has 0 saturated heterocycles. The fourth-order valence-corrected chi connectivity index (χ4v) is 1.89. The van der Waals surface area contributed by atoms with Crippen molar-refractivity contribution < 1.29 is 4.79 Å². The molecule has 2 rings (SSSR count). The Hall–Kier alpha value is -2.36. The Morgan fingerprint density at radius 2 is 2.11 bits per heavy atom. The van der Waals surface area contributed by atoms with Crippen molar-refractivity contribution in [3.05, 3.63) is 54.4 Å². The lowest BCUT2D eigenvalue weighted by Crippen LogP contribution is -2.32. The largest absolute Gasteiger partial charge is 0.399 e. The minimum atomic E-state index is -0.104. The molecule has 2 N–H and O–H groups in total. The van der Waals surface area contributed by atoms with Gasteiger partial charge in [0.15, 0.2) is 0 Å². The molecule has 2 aromatic rings. The molecule has 4 nitrogen and oxygen atoms in total. The maximum atomic E-state index is 12.5. The van der Waals surface area contributed by atoms with Gasteiger partial charge in [-0.25, -0.2) is 0 Å². The predicted molar refractivity (Wildman–Crippen MR) is 77.1 cm³/mol. The highest BCUT2D eigenvalue weighted by atomic mass is 16.2. The Bertz CT molecular complexity index is 554. The first-order valence-electron chi connectivity index (χ1n) is 6.31. The van der Waals surface area contributed by atoms with Crippen LogP contribution in [0.4, 0.5) is 11.4 Å². The van der Waals surface area contributed by atoms with Crippen molar-refractivity contribution in [1.82, 2.24) is 4.98 Å². The predicted octanol–water partition coefficient (Wildman–Crippen LogP) is 2.72. The summed E-state index contributed by atoms with van der Waals surface area (Å²) in [6.45, 7) is 2.67. The quantitative estimate of drug-likeness (QED) is 0.854. The zero-order valence-electron chi connectivity index (χ0n) is 10.9. The molecule has 0 fully saturated rings. The highest BCUT2D eigenvalue weighted by Crippen LogP contribution is 2.19. The van der Waals surface area contributed by atoms with Gasteiger partial charge in [0.2, 0.25) is 0 Å².